The molecule has 0 fully saturated rings. The average Bonchev–Trinajstić information content (AvgIpc) is 3.48. The van der Waals surface area contributed by atoms with E-state index in [2.05, 4.69) is 57.8 Å². The van der Waals surface area contributed by atoms with Crippen LogP contribution in [0.1, 0.15) is 38.0 Å². The third-order valence-corrected chi connectivity index (χ3v) is 6.13. The minimum absolute atomic E-state index is 0.351. The lowest BCUT2D eigenvalue weighted by atomic mass is 10.2. The molecule has 4 aromatic rings. The summed E-state index contributed by atoms with van der Waals surface area (Å²) < 4.78 is 19.0. The summed E-state index contributed by atoms with van der Waals surface area (Å²) in [4.78, 5) is 4.53. The first kappa shape index (κ1) is 23.8. The zero-order chi connectivity index (χ0) is 23.9. The van der Waals surface area contributed by atoms with Crippen molar-refractivity contribution in [1.29, 1.82) is 0 Å². The maximum absolute atomic E-state index is 5.98. The van der Waals surface area contributed by atoms with Gasteiger partial charge in [-0.1, -0.05) is 62.0 Å². The van der Waals surface area contributed by atoms with Gasteiger partial charge in [0, 0.05) is 6.54 Å². The summed E-state index contributed by atoms with van der Waals surface area (Å²) in [6.45, 7) is 7.61. The predicted octanol–water partition coefficient (Wildman–Crippen LogP) is 5.43. The Bertz CT molecular complexity index is 1200. The first-order valence-corrected chi connectivity index (χ1v) is 12.3. The predicted molar refractivity (Wildman–Crippen MR) is 131 cm³/mol. The first-order valence-electron chi connectivity index (χ1n) is 11.3. The third-order valence-electron chi connectivity index (χ3n) is 5.18. The lowest BCUT2D eigenvalue weighted by molar-refractivity contribution is 0.284. The van der Waals surface area contributed by atoms with Crippen LogP contribution in [0.5, 0.6) is 11.5 Å². The second-order valence-corrected chi connectivity index (χ2v) is 9.13. The number of benzene rings is 2. The van der Waals surface area contributed by atoms with Gasteiger partial charge >= 0.3 is 0 Å². The Morgan fingerprint density at radius 1 is 1.06 bits per heavy atom. The summed E-state index contributed by atoms with van der Waals surface area (Å²) in [6, 6.07) is 15.7. The van der Waals surface area contributed by atoms with Crippen molar-refractivity contribution in [3.8, 4) is 22.9 Å². The highest BCUT2D eigenvalue weighted by Gasteiger charge is 2.17. The van der Waals surface area contributed by atoms with Crippen LogP contribution in [-0.2, 0) is 25.3 Å². The molecule has 34 heavy (non-hydrogen) atoms. The Kier molecular flexibility index (Phi) is 7.84. The van der Waals surface area contributed by atoms with Gasteiger partial charge in [-0.2, -0.15) is 4.98 Å². The molecule has 0 saturated heterocycles. The maximum atomic E-state index is 5.98. The SMILES string of the molecule is CCc1ccc(OCc2nnc(SCc3nc(-c4ccccc4OC)no3)n2CC(C)C)cc1. The Hall–Kier alpha value is -3.33. The quantitative estimate of drug-likeness (QED) is 0.263. The zero-order valence-corrected chi connectivity index (χ0v) is 20.7. The van der Waals surface area contributed by atoms with E-state index in [1.807, 2.05) is 36.4 Å². The molecule has 2 aromatic heterocycles. The van der Waals surface area contributed by atoms with E-state index in [0.29, 0.717) is 35.7 Å². The summed E-state index contributed by atoms with van der Waals surface area (Å²) >= 11 is 1.51. The van der Waals surface area contributed by atoms with Crippen LogP contribution in [0.2, 0.25) is 0 Å². The number of thioether (sulfide) groups is 1. The Balaban J connectivity index is 1.44. The molecule has 0 bridgehead atoms. The van der Waals surface area contributed by atoms with E-state index < -0.39 is 0 Å². The fraction of sp³-hybridized carbons (Fsp3) is 0.360. The molecule has 9 heteroatoms. The van der Waals surface area contributed by atoms with Crippen molar-refractivity contribution >= 4 is 11.8 Å². The molecule has 0 aliphatic carbocycles. The minimum atomic E-state index is 0.351. The van der Waals surface area contributed by atoms with Gasteiger partial charge in [0.25, 0.3) is 0 Å². The first-order chi connectivity index (χ1) is 16.6. The van der Waals surface area contributed by atoms with Crippen molar-refractivity contribution in [2.24, 2.45) is 5.92 Å². The van der Waals surface area contributed by atoms with Gasteiger partial charge in [0.05, 0.1) is 18.4 Å². The van der Waals surface area contributed by atoms with Crippen molar-refractivity contribution in [2.75, 3.05) is 7.11 Å². The second-order valence-electron chi connectivity index (χ2n) is 8.19. The van der Waals surface area contributed by atoms with E-state index in [-0.39, 0.29) is 0 Å². The number of hydrogen-bond acceptors (Lipinski definition) is 8. The number of para-hydroxylation sites is 1. The highest BCUT2D eigenvalue weighted by atomic mass is 32.2. The summed E-state index contributed by atoms with van der Waals surface area (Å²) in [5.41, 5.74) is 2.07. The van der Waals surface area contributed by atoms with Gasteiger partial charge in [0.2, 0.25) is 11.7 Å². The highest BCUT2D eigenvalue weighted by Crippen LogP contribution is 2.29. The largest absolute Gasteiger partial charge is 0.496 e. The minimum Gasteiger partial charge on any atom is -0.496 e. The van der Waals surface area contributed by atoms with Gasteiger partial charge in [-0.15, -0.1) is 10.2 Å². The zero-order valence-electron chi connectivity index (χ0n) is 19.9. The molecule has 0 saturated carbocycles. The van der Waals surface area contributed by atoms with Gasteiger partial charge in [-0.3, -0.25) is 0 Å². The molecule has 0 radical (unpaired) electrons. The molecule has 2 aromatic carbocycles. The lowest BCUT2D eigenvalue weighted by Crippen LogP contribution is -2.12. The van der Waals surface area contributed by atoms with Crippen molar-refractivity contribution in [3.05, 3.63) is 65.8 Å². The fourth-order valence-electron chi connectivity index (χ4n) is 3.43. The number of ether oxygens (including phenoxy) is 2. The third kappa shape index (κ3) is 5.77. The average molecular weight is 480 g/mol. The molecule has 8 nitrogen and oxygen atoms in total. The lowest BCUT2D eigenvalue weighted by Gasteiger charge is -2.13. The van der Waals surface area contributed by atoms with Gasteiger partial charge in [0.1, 0.15) is 18.1 Å². The molecule has 2 heterocycles. The number of rotatable bonds is 11. The van der Waals surface area contributed by atoms with Crippen LogP contribution < -0.4 is 9.47 Å². The van der Waals surface area contributed by atoms with Crippen molar-refractivity contribution in [2.45, 2.75) is 51.3 Å². The number of aryl methyl sites for hydroxylation is 1. The molecular weight excluding hydrogens is 450 g/mol. The van der Waals surface area contributed by atoms with E-state index in [0.717, 1.165) is 35.3 Å². The second kappa shape index (κ2) is 11.2. The summed E-state index contributed by atoms with van der Waals surface area (Å²) in [7, 11) is 1.62. The van der Waals surface area contributed by atoms with Crippen LogP contribution in [0.3, 0.4) is 0 Å². The summed E-state index contributed by atoms with van der Waals surface area (Å²) in [5, 5.41) is 13.7. The van der Waals surface area contributed by atoms with E-state index in [9.17, 15) is 0 Å². The van der Waals surface area contributed by atoms with Crippen LogP contribution in [0.15, 0.2) is 58.2 Å². The number of hydrogen-bond donors (Lipinski definition) is 0. The molecule has 0 spiro atoms. The van der Waals surface area contributed by atoms with Crippen LogP contribution >= 0.6 is 11.8 Å². The monoisotopic (exact) mass is 479 g/mol. The van der Waals surface area contributed by atoms with Crippen molar-refractivity contribution in [3.63, 3.8) is 0 Å². The number of methoxy groups -OCH3 is 1. The Morgan fingerprint density at radius 3 is 2.59 bits per heavy atom. The maximum Gasteiger partial charge on any atom is 0.237 e. The van der Waals surface area contributed by atoms with Crippen LogP contribution in [0.25, 0.3) is 11.4 Å². The molecule has 0 N–H and O–H groups in total. The molecule has 0 aliphatic heterocycles. The standard InChI is InChI=1S/C25H29N5O3S/c1-5-18-10-12-19(13-11-18)32-15-22-27-28-25(30(22)14-17(2)3)34-16-23-26-24(29-33-23)20-8-6-7-9-21(20)31-4/h6-13,17H,5,14-16H2,1-4H3. The molecule has 178 valence electrons. The van der Waals surface area contributed by atoms with Crippen molar-refractivity contribution in [1.82, 2.24) is 24.9 Å². The van der Waals surface area contributed by atoms with Gasteiger partial charge in [0.15, 0.2) is 11.0 Å². The molecule has 0 amide bonds. The molecular formula is C25H29N5O3S. The number of aromatic nitrogens is 5. The van der Waals surface area contributed by atoms with Gasteiger partial charge in [-0.05, 0) is 42.2 Å². The smallest absolute Gasteiger partial charge is 0.237 e. The van der Waals surface area contributed by atoms with E-state index >= 15 is 0 Å². The molecule has 0 unspecified atom stereocenters. The molecule has 4 rings (SSSR count). The van der Waals surface area contributed by atoms with Crippen LogP contribution in [0, 0.1) is 5.92 Å². The summed E-state index contributed by atoms with van der Waals surface area (Å²) in [6.07, 6.45) is 1.00. The molecule has 0 aliphatic rings. The number of nitrogens with zero attached hydrogens (tertiary/aromatic N) is 5. The van der Waals surface area contributed by atoms with E-state index in [1.165, 1.54) is 17.3 Å². The van der Waals surface area contributed by atoms with Crippen LogP contribution in [-0.4, -0.2) is 32.0 Å². The fourth-order valence-corrected chi connectivity index (χ4v) is 4.23. The normalized spacial score (nSPS) is 11.2. The topological polar surface area (TPSA) is 88.1 Å². The van der Waals surface area contributed by atoms with Gasteiger partial charge < -0.3 is 18.6 Å². The van der Waals surface area contributed by atoms with E-state index in [4.69, 9.17) is 14.0 Å². The van der Waals surface area contributed by atoms with E-state index in [1.54, 1.807) is 7.11 Å². The molecule has 0 atom stereocenters. The summed E-state index contributed by atoms with van der Waals surface area (Å²) in [5.74, 6) is 4.24. The highest BCUT2D eigenvalue weighted by molar-refractivity contribution is 7.98. The van der Waals surface area contributed by atoms with Crippen LogP contribution in [0.4, 0.5) is 0 Å². The van der Waals surface area contributed by atoms with Gasteiger partial charge in [-0.25, -0.2) is 0 Å². The Morgan fingerprint density at radius 2 is 1.85 bits per heavy atom. The Labute approximate surface area is 203 Å². The van der Waals surface area contributed by atoms with Crippen molar-refractivity contribution < 1.29 is 14.0 Å².